The average molecular weight is 396 g/mol. The van der Waals surface area contributed by atoms with Gasteiger partial charge in [0.25, 0.3) is 0 Å². The van der Waals surface area contributed by atoms with E-state index in [1.165, 1.54) is 19.1 Å². The van der Waals surface area contributed by atoms with Gasteiger partial charge in [-0.25, -0.2) is 14.4 Å². The third-order valence-electron chi connectivity index (χ3n) is 4.55. The van der Waals surface area contributed by atoms with Gasteiger partial charge in [0.15, 0.2) is 0 Å². The molecule has 2 heterocycles. The molecule has 0 saturated carbocycles. The molecule has 0 aliphatic carbocycles. The maximum absolute atomic E-state index is 13.2. The van der Waals surface area contributed by atoms with E-state index < -0.39 is 17.7 Å². The van der Waals surface area contributed by atoms with Crippen molar-refractivity contribution in [3.8, 4) is 0 Å². The predicted molar refractivity (Wildman–Crippen MR) is 95.3 cm³/mol. The number of piperidine rings is 1. The Morgan fingerprint density at radius 1 is 1.21 bits per heavy atom. The van der Waals surface area contributed by atoms with Crippen molar-refractivity contribution in [3.63, 3.8) is 0 Å². The van der Waals surface area contributed by atoms with Crippen molar-refractivity contribution in [1.29, 1.82) is 0 Å². The molecule has 1 N–H and O–H groups in total. The maximum Gasteiger partial charge on any atom is 0.433 e. The number of nitrogens with one attached hydrogen (secondary N) is 1. The van der Waals surface area contributed by atoms with Gasteiger partial charge >= 0.3 is 6.18 Å². The molecular formula is C19H20F4N4O. The van der Waals surface area contributed by atoms with Gasteiger partial charge in [-0.05, 0) is 37.5 Å². The molecule has 5 nitrogen and oxygen atoms in total. The molecule has 1 aliphatic heterocycles. The lowest BCUT2D eigenvalue weighted by molar-refractivity contribution is -0.141. The summed E-state index contributed by atoms with van der Waals surface area (Å²) in [5.41, 5.74) is -0.369. The van der Waals surface area contributed by atoms with Gasteiger partial charge in [-0.3, -0.25) is 4.79 Å². The molecule has 1 aliphatic rings. The Labute approximate surface area is 159 Å². The van der Waals surface area contributed by atoms with E-state index in [1.807, 2.05) is 0 Å². The van der Waals surface area contributed by atoms with Crippen LogP contribution < -0.4 is 10.2 Å². The van der Waals surface area contributed by atoms with Crippen LogP contribution in [0.25, 0.3) is 0 Å². The first kappa shape index (κ1) is 20.0. The van der Waals surface area contributed by atoms with Gasteiger partial charge < -0.3 is 10.2 Å². The highest BCUT2D eigenvalue weighted by Crippen LogP contribution is 2.30. The standard InChI is InChI=1S/C19H20F4N4O/c1-12-24-16(19(21,22)23)11-17(25-12)27-7-5-15(6-8-27)26-18(28)10-13-3-2-4-14(20)9-13/h2-4,9,11,15H,5-8,10H2,1H3,(H,26,28). The topological polar surface area (TPSA) is 58.1 Å². The zero-order valence-electron chi connectivity index (χ0n) is 15.3. The number of aromatic nitrogens is 2. The number of anilines is 1. The number of benzene rings is 1. The Morgan fingerprint density at radius 3 is 2.57 bits per heavy atom. The minimum atomic E-state index is -4.52. The fraction of sp³-hybridized carbons (Fsp3) is 0.421. The molecular weight excluding hydrogens is 376 g/mol. The first-order valence-corrected chi connectivity index (χ1v) is 8.92. The molecule has 9 heteroatoms. The third-order valence-corrected chi connectivity index (χ3v) is 4.55. The Morgan fingerprint density at radius 2 is 1.93 bits per heavy atom. The second-order valence-corrected chi connectivity index (χ2v) is 6.79. The highest BCUT2D eigenvalue weighted by atomic mass is 19.4. The summed E-state index contributed by atoms with van der Waals surface area (Å²) < 4.78 is 52.0. The molecule has 3 rings (SSSR count). The number of hydrogen-bond acceptors (Lipinski definition) is 4. The lowest BCUT2D eigenvalue weighted by Gasteiger charge is -2.33. The number of nitrogens with zero attached hydrogens (tertiary/aromatic N) is 3. The number of aryl methyl sites for hydroxylation is 1. The fourth-order valence-electron chi connectivity index (χ4n) is 3.22. The van der Waals surface area contributed by atoms with Crippen LogP contribution in [-0.4, -0.2) is 35.0 Å². The molecule has 1 fully saturated rings. The highest BCUT2D eigenvalue weighted by molar-refractivity contribution is 5.78. The van der Waals surface area contributed by atoms with Crippen molar-refractivity contribution < 1.29 is 22.4 Å². The van der Waals surface area contributed by atoms with Gasteiger partial charge in [-0.15, -0.1) is 0 Å². The quantitative estimate of drug-likeness (QED) is 0.806. The van der Waals surface area contributed by atoms with Crippen LogP contribution >= 0.6 is 0 Å². The molecule has 1 saturated heterocycles. The van der Waals surface area contributed by atoms with Gasteiger partial charge in [-0.2, -0.15) is 13.2 Å². The van der Waals surface area contributed by atoms with E-state index >= 15 is 0 Å². The van der Waals surface area contributed by atoms with Crippen LogP contribution in [0.15, 0.2) is 30.3 Å². The third kappa shape index (κ3) is 5.17. The summed E-state index contributed by atoms with van der Waals surface area (Å²) in [5.74, 6) is -0.294. The Kier molecular flexibility index (Phi) is 5.81. The number of halogens is 4. The number of carbonyl (C=O) groups excluding carboxylic acids is 1. The average Bonchev–Trinajstić information content (AvgIpc) is 2.61. The van der Waals surface area contributed by atoms with Crippen LogP contribution in [0.5, 0.6) is 0 Å². The lowest BCUT2D eigenvalue weighted by Crippen LogP contribution is -2.45. The van der Waals surface area contributed by atoms with Crippen molar-refractivity contribution in [2.75, 3.05) is 18.0 Å². The highest BCUT2D eigenvalue weighted by Gasteiger charge is 2.34. The Hall–Kier alpha value is -2.71. The summed E-state index contributed by atoms with van der Waals surface area (Å²) in [4.78, 5) is 21.5. The van der Waals surface area contributed by atoms with E-state index in [1.54, 1.807) is 17.0 Å². The molecule has 1 aromatic heterocycles. The maximum atomic E-state index is 13.2. The summed E-state index contributed by atoms with van der Waals surface area (Å²) in [6, 6.07) is 6.74. The number of alkyl halides is 3. The second-order valence-electron chi connectivity index (χ2n) is 6.79. The van der Waals surface area contributed by atoms with Crippen molar-refractivity contribution in [2.24, 2.45) is 0 Å². The molecule has 0 radical (unpaired) electrons. The van der Waals surface area contributed by atoms with E-state index in [-0.39, 0.29) is 30.0 Å². The van der Waals surface area contributed by atoms with Gasteiger partial charge in [0.2, 0.25) is 5.91 Å². The SMILES string of the molecule is Cc1nc(N2CCC(NC(=O)Cc3cccc(F)c3)CC2)cc(C(F)(F)F)n1. The van der Waals surface area contributed by atoms with Crippen LogP contribution in [0, 0.1) is 12.7 Å². The largest absolute Gasteiger partial charge is 0.433 e. The minimum absolute atomic E-state index is 0.0651. The van der Waals surface area contributed by atoms with Gasteiger partial charge in [0.1, 0.15) is 23.2 Å². The molecule has 0 spiro atoms. The van der Waals surface area contributed by atoms with Crippen LogP contribution in [0.4, 0.5) is 23.4 Å². The van der Waals surface area contributed by atoms with E-state index in [4.69, 9.17) is 0 Å². The summed E-state index contributed by atoms with van der Waals surface area (Å²) in [5, 5.41) is 2.91. The van der Waals surface area contributed by atoms with Crippen molar-refractivity contribution >= 4 is 11.7 Å². The first-order valence-electron chi connectivity index (χ1n) is 8.92. The molecule has 28 heavy (non-hydrogen) atoms. The van der Waals surface area contributed by atoms with Crippen molar-refractivity contribution in [1.82, 2.24) is 15.3 Å². The van der Waals surface area contributed by atoms with Crippen molar-refractivity contribution in [3.05, 3.63) is 53.2 Å². The monoisotopic (exact) mass is 396 g/mol. The minimum Gasteiger partial charge on any atom is -0.356 e. The van der Waals surface area contributed by atoms with E-state index in [2.05, 4.69) is 15.3 Å². The molecule has 0 atom stereocenters. The summed E-state index contributed by atoms with van der Waals surface area (Å²) in [6.07, 6.45) is -3.28. The summed E-state index contributed by atoms with van der Waals surface area (Å²) >= 11 is 0. The van der Waals surface area contributed by atoms with E-state index in [0.717, 1.165) is 6.07 Å². The molecule has 2 aromatic rings. The molecule has 1 aromatic carbocycles. The first-order chi connectivity index (χ1) is 13.2. The van der Waals surface area contributed by atoms with Crippen molar-refractivity contribution in [2.45, 2.75) is 38.4 Å². The van der Waals surface area contributed by atoms with Crippen LogP contribution in [0.2, 0.25) is 0 Å². The zero-order chi connectivity index (χ0) is 20.3. The predicted octanol–water partition coefficient (Wildman–Crippen LogP) is 3.27. The van der Waals surface area contributed by atoms with E-state index in [9.17, 15) is 22.4 Å². The van der Waals surface area contributed by atoms with Crippen LogP contribution in [0.1, 0.15) is 29.9 Å². The van der Waals surface area contributed by atoms with Crippen LogP contribution in [0.3, 0.4) is 0 Å². The Bertz CT molecular complexity index is 848. The smallest absolute Gasteiger partial charge is 0.356 e. The van der Waals surface area contributed by atoms with Gasteiger partial charge in [-0.1, -0.05) is 12.1 Å². The Balaban J connectivity index is 1.56. The number of hydrogen-bond donors (Lipinski definition) is 1. The fourth-order valence-corrected chi connectivity index (χ4v) is 3.22. The normalized spacial score (nSPS) is 15.5. The van der Waals surface area contributed by atoms with Gasteiger partial charge in [0.05, 0.1) is 6.42 Å². The molecule has 0 unspecified atom stereocenters. The molecule has 150 valence electrons. The summed E-state index contributed by atoms with van der Waals surface area (Å²) in [6.45, 7) is 2.37. The number of rotatable bonds is 4. The lowest BCUT2D eigenvalue weighted by atomic mass is 10.0. The number of carbonyl (C=O) groups is 1. The molecule has 0 bridgehead atoms. The van der Waals surface area contributed by atoms with E-state index in [0.29, 0.717) is 31.5 Å². The number of amides is 1. The van der Waals surface area contributed by atoms with Gasteiger partial charge in [0, 0.05) is 25.2 Å². The molecule has 1 amide bonds. The zero-order valence-corrected chi connectivity index (χ0v) is 15.3. The van der Waals surface area contributed by atoms with Crippen LogP contribution in [-0.2, 0) is 17.4 Å². The summed E-state index contributed by atoms with van der Waals surface area (Å²) in [7, 11) is 0. The second kappa shape index (κ2) is 8.12.